The summed E-state index contributed by atoms with van der Waals surface area (Å²) in [7, 11) is 0. The first-order chi connectivity index (χ1) is 21.5. The van der Waals surface area contributed by atoms with Crippen LogP contribution in [-0.4, -0.2) is 59.3 Å². The number of hydrogen-bond acceptors (Lipinski definition) is 2. The van der Waals surface area contributed by atoms with Crippen molar-refractivity contribution in [3.63, 3.8) is 0 Å². The van der Waals surface area contributed by atoms with Crippen LogP contribution in [-0.2, 0) is 17.3 Å². The van der Waals surface area contributed by atoms with Crippen LogP contribution in [0.2, 0.25) is 0 Å². The molecule has 5 nitrogen and oxygen atoms in total. The van der Waals surface area contributed by atoms with Gasteiger partial charge < -0.3 is 14.4 Å². The van der Waals surface area contributed by atoms with Crippen molar-refractivity contribution in [2.24, 2.45) is 5.92 Å². The smallest absolute Gasteiger partial charge is 0.340 e. The molecule has 1 spiro atoms. The van der Waals surface area contributed by atoms with Gasteiger partial charge in [0.15, 0.2) is 23.9 Å². The van der Waals surface area contributed by atoms with Gasteiger partial charge in [-0.05, 0) is 85.6 Å². The number of unbranched alkanes of at least 4 members (excludes halogenated alkanes) is 1. The number of fused-ring (bicyclic) bond motifs is 2. The zero-order chi connectivity index (χ0) is 33.7. The van der Waals surface area contributed by atoms with E-state index in [-0.39, 0.29) is 16.4 Å². The van der Waals surface area contributed by atoms with Crippen LogP contribution in [0.5, 0.6) is 11.5 Å². The van der Waals surface area contributed by atoms with Crippen molar-refractivity contribution >= 4 is 12.4 Å². The molecule has 0 amide bonds. The summed E-state index contributed by atoms with van der Waals surface area (Å²) in [5.74, 6) is 2.61. The van der Waals surface area contributed by atoms with Gasteiger partial charge in [-0.15, -0.1) is 0 Å². The third kappa shape index (κ3) is 6.68. The van der Waals surface area contributed by atoms with Crippen molar-refractivity contribution < 1.29 is 23.5 Å². The molecule has 0 radical (unpaired) electrons. The van der Waals surface area contributed by atoms with Crippen LogP contribution in [0.15, 0.2) is 24.3 Å². The zero-order valence-electron chi connectivity index (χ0n) is 31.3. The Kier molecular flexibility index (Phi) is 9.61. The Balaban J connectivity index is 1.51. The van der Waals surface area contributed by atoms with Crippen LogP contribution in [0.1, 0.15) is 142 Å². The van der Waals surface area contributed by atoms with E-state index in [1.54, 1.807) is 4.90 Å². The maximum atomic E-state index is 7.21. The number of benzene rings is 2. The van der Waals surface area contributed by atoms with E-state index < -0.39 is 6.03 Å². The van der Waals surface area contributed by atoms with E-state index in [0.717, 1.165) is 35.9 Å². The van der Waals surface area contributed by atoms with Gasteiger partial charge >= 0.3 is 6.03 Å². The number of nitrogens with zero attached hydrogens (tertiary/aromatic N) is 2. The fourth-order valence-corrected chi connectivity index (χ4v) is 7.81. The monoisotopic (exact) mass is 630 g/mol. The lowest BCUT2D eigenvalue weighted by atomic mass is 9.79. The summed E-state index contributed by atoms with van der Waals surface area (Å²) >= 11 is 0. The first-order valence-corrected chi connectivity index (χ1v) is 18.3. The first-order valence-electron chi connectivity index (χ1n) is 18.3. The van der Waals surface area contributed by atoms with Gasteiger partial charge in [-0.2, -0.15) is 0 Å². The normalized spacial score (nSPS) is 20.5. The Bertz CT molecular complexity index is 1500. The average molecular weight is 631 g/mol. The van der Waals surface area contributed by atoms with E-state index in [4.69, 9.17) is 9.47 Å². The average Bonchev–Trinajstić information content (AvgIpc) is 3.19. The highest BCUT2D eigenvalue weighted by atomic mass is 16.7. The van der Waals surface area contributed by atoms with Gasteiger partial charge in [0.05, 0.1) is 30.8 Å². The van der Waals surface area contributed by atoms with Crippen molar-refractivity contribution in [1.82, 2.24) is 0 Å². The molecule has 3 aliphatic rings. The molecule has 1 fully saturated rings. The van der Waals surface area contributed by atoms with Crippen molar-refractivity contribution in [3.05, 3.63) is 57.6 Å². The van der Waals surface area contributed by atoms with E-state index in [1.807, 2.05) is 0 Å². The number of aryl methyl sites for hydroxylation is 1. The second-order valence-electron chi connectivity index (χ2n) is 17.2. The minimum absolute atomic E-state index is 0.0408. The molecule has 46 heavy (non-hydrogen) atoms. The van der Waals surface area contributed by atoms with Gasteiger partial charge in [0.2, 0.25) is 12.1 Å². The number of nitrogens with one attached hydrogen (secondary N) is 1. The molecule has 5 rings (SSSR count). The number of rotatable bonds is 11. The highest BCUT2D eigenvalue weighted by Crippen LogP contribution is 2.47. The van der Waals surface area contributed by atoms with Crippen molar-refractivity contribution in [3.8, 4) is 11.5 Å². The molecule has 252 valence electrons. The Hall–Kier alpha value is -2.66. The number of quaternary nitrogens is 1. The number of hydrogen-bond donors (Lipinski definition) is 1. The Morgan fingerprint density at radius 1 is 0.826 bits per heavy atom. The SMILES string of the molecule is CCCCC(CCC[NH+](CC)CC)Cc1cc(C)c2c(c1)C=[N+]1C(C)(C)C[N+]3=Cc4cc(C(C)(C)C)cc(C(C)(C)C)c4OC31O2. The molecule has 0 aliphatic carbocycles. The van der Waals surface area contributed by atoms with Crippen LogP contribution in [0, 0.1) is 12.8 Å². The standard InChI is InChI=1S/C41H63N3O2/c1-13-16-18-30(19-17-20-42(14-2)15-3)22-31-21-29(4)36-32(23-31)27-44-40(11,12)28-43-26-33-24-34(38(5,6)7)25-35(39(8,9)10)37(33)46-41(43,44)45-36/h21,23-27,30H,13-20,22,28H2,1-12H3/q+2/p+1. The topological polar surface area (TPSA) is 28.9 Å². The van der Waals surface area contributed by atoms with E-state index in [2.05, 4.69) is 129 Å². The van der Waals surface area contributed by atoms with Crippen molar-refractivity contribution in [2.45, 2.75) is 144 Å². The molecular weight excluding hydrogens is 566 g/mol. The molecule has 0 saturated carbocycles. The molecule has 2 aromatic carbocycles. The molecule has 0 aromatic heterocycles. The van der Waals surface area contributed by atoms with Gasteiger partial charge in [-0.3, -0.25) is 0 Å². The van der Waals surface area contributed by atoms with Gasteiger partial charge in [0.1, 0.15) is 0 Å². The van der Waals surface area contributed by atoms with E-state index in [0.29, 0.717) is 0 Å². The van der Waals surface area contributed by atoms with Crippen LogP contribution >= 0.6 is 0 Å². The van der Waals surface area contributed by atoms with Gasteiger partial charge in [0.25, 0.3) is 0 Å². The maximum Gasteiger partial charge on any atom is 0.704 e. The van der Waals surface area contributed by atoms with Crippen LogP contribution < -0.4 is 14.4 Å². The molecule has 1 saturated heterocycles. The fourth-order valence-electron chi connectivity index (χ4n) is 7.81. The lowest BCUT2D eigenvalue weighted by Crippen LogP contribution is -3.11. The summed E-state index contributed by atoms with van der Waals surface area (Å²) in [5, 5.41) is 0. The van der Waals surface area contributed by atoms with Crippen LogP contribution in [0.25, 0.3) is 0 Å². The molecule has 2 atom stereocenters. The lowest BCUT2D eigenvalue weighted by Gasteiger charge is -2.33. The minimum atomic E-state index is -1.05. The van der Waals surface area contributed by atoms with Gasteiger partial charge in [-0.1, -0.05) is 89.0 Å². The van der Waals surface area contributed by atoms with E-state index >= 15 is 0 Å². The minimum Gasteiger partial charge on any atom is -0.340 e. The highest BCUT2D eigenvalue weighted by molar-refractivity contribution is 5.84. The first kappa shape index (κ1) is 34.7. The predicted molar refractivity (Wildman–Crippen MR) is 192 cm³/mol. The quantitative estimate of drug-likeness (QED) is 0.262. The largest absolute Gasteiger partial charge is 0.704 e. The Morgan fingerprint density at radius 3 is 2.11 bits per heavy atom. The fraction of sp³-hybridized carbons (Fsp3) is 0.659. The molecule has 0 bridgehead atoms. The second-order valence-corrected chi connectivity index (χ2v) is 17.2. The van der Waals surface area contributed by atoms with Gasteiger partial charge in [-0.25, -0.2) is 0 Å². The van der Waals surface area contributed by atoms with Crippen LogP contribution in [0.3, 0.4) is 0 Å². The summed E-state index contributed by atoms with van der Waals surface area (Å²) < 4.78 is 19.0. The summed E-state index contributed by atoms with van der Waals surface area (Å²) in [6.45, 7) is 32.1. The Labute approximate surface area is 280 Å². The van der Waals surface area contributed by atoms with Gasteiger partial charge in [0, 0.05) is 19.4 Å². The molecule has 1 N–H and O–H groups in total. The summed E-state index contributed by atoms with van der Waals surface area (Å²) in [5.41, 5.74) is 7.27. The molecule has 2 unspecified atom stereocenters. The molecule has 5 heteroatoms. The molecule has 3 aliphatic heterocycles. The predicted octanol–water partition coefficient (Wildman–Crippen LogP) is 7.40. The summed E-state index contributed by atoms with van der Waals surface area (Å²) in [4.78, 5) is 1.72. The molecular formula is C41H64N3O2+3. The lowest BCUT2D eigenvalue weighted by molar-refractivity contribution is -0.896. The second kappa shape index (κ2) is 12.7. The summed E-state index contributed by atoms with van der Waals surface area (Å²) in [6.07, 6.45) is 12.3. The molecule has 2 aromatic rings. The molecule has 3 heterocycles. The third-order valence-corrected chi connectivity index (χ3v) is 10.7. The van der Waals surface area contributed by atoms with E-state index in [1.165, 1.54) is 79.6 Å². The zero-order valence-corrected chi connectivity index (χ0v) is 31.3. The highest BCUT2D eigenvalue weighted by Gasteiger charge is 2.75. The number of ether oxygens (including phenoxy) is 2. The van der Waals surface area contributed by atoms with Crippen LogP contribution in [0.4, 0.5) is 0 Å². The summed E-state index contributed by atoms with van der Waals surface area (Å²) in [6, 6.07) is 8.42. The van der Waals surface area contributed by atoms with E-state index in [9.17, 15) is 0 Å². The maximum absolute atomic E-state index is 7.21. The third-order valence-electron chi connectivity index (χ3n) is 10.7. The Morgan fingerprint density at radius 2 is 1.48 bits per heavy atom. The van der Waals surface area contributed by atoms with Crippen molar-refractivity contribution in [2.75, 3.05) is 26.2 Å². The van der Waals surface area contributed by atoms with Crippen molar-refractivity contribution in [1.29, 1.82) is 0 Å².